The number of hydrogen-bond acceptors (Lipinski definition) is 4. The van der Waals surface area contributed by atoms with E-state index >= 15 is 0 Å². The second kappa shape index (κ2) is 9.65. The fourth-order valence-electron chi connectivity index (χ4n) is 5.80. The number of carboxylic acids is 2. The van der Waals surface area contributed by atoms with E-state index in [1.54, 1.807) is 11.1 Å². The largest absolute Gasteiger partial charge is 0.478 e. The van der Waals surface area contributed by atoms with Crippen molar-refractivity contribution in [1.82, 2.24) is 9.88 Å². The van der Waals surface area contributed by atoms with E-state index in [9.17, 15) is 9.59 Å². The summed E-state index contributed by atoms with van der Waals surface area (Å²) in [7, 11) is 2.34. The van der Waals surface area contributed by atoms with Gasteiger partial charge >= 0.3 is 11.9 Å². The van der Waals surface area contributed by atoms with Crippen molar-refractivity contribution in [1.29, 1.82) is 0 Å². The van der Waals surface area contributed by atoms with Crippen LogP contribution in [0.3, 0.4) is 0 Å². The van der Waals surface area contributed by atoms with Crippen LogP contribution in [0.1, 0.15) is 54.0 Å². The Labute approximate surface area is 188 Å². The third kappa shape index (κ3) is 4.75. The van der Waals surface area contributed by atoms with Gasteiger partial charge in [-0.05, 0) is 74.2 Å². The van der Waals surface area contributed by atoms with Crippen LogP contribution < -0.4 is 0 Å². The molecule has 6 nitrogen and oxygen atoms in total. The van der Waals surface area contributed by atoms with E-state index in [0.29, 0.717) is 18.1 Å². The predicted molar refractivity (Wildman–Crippen MR) is 122 cm³/mol. The molecular formula is C26H30N2O4. The Morgan fingerprint density at radius 1 is 0.938 bits per heavy atom. The van der Waals surface area contributed by atoms with Crippen LogP contribution >= 0.6 is 0 Å². The molecule has 1 aromatic heterocycles. The van der Waals surface area contributed by atoms with Crippen molar-refractivity contribution >= 4 is 11.9 Å². The fraction of sp³-hybridized carbons (Fsp3) is 0.423. The van der Waals surface area contributed by atoms with Crippen molar-refractivity contribution < 1.29 is 19.8 Å². The molecule has 2 bridgehead atoms. The highest BCUT2D eigenvalue weighted by molar-refractivity contribution is 5.89. The third-order valence-corrected chi connectivity index (χ3v) is 7.26. The summed E-state index contributed by atoms with van der Waals surface area (Å²) in [6.45, 7) is 0. The maximum atomic E-state index is 9.55. The van der Waals surface area contributed by atoms with Gasteiger partial charge in [-0.15, -0.1) is 0 Å². The predicted octanol–water partition coefficient (Wildman–Crippen LogP) is 3.90. The molecule has 168 valence electrons. The second-order valence-electron chi connectivity index (χ2n) is 9.01. The molecule has 0 amide bonds. The minimum atomic E-state index is -1.26. The van der Waals surface area contributed by atoms with Gasteiger partial charge in [0.1, 0.15) is 0 Å². The molecule has 2 saturated heterocycles. The minimum absolute atomic E-state index is 0.546. The molecule has 0 radical (unpaired) electrons. The van der Waals surface area contributed by atoms with Gasteiger partial charge in [0.2, 0.25) is 0 Å². The van der Waals surface area contributed by atoms with E-state index < -0.39 is 11.9 Å². The summed E-state index contributed by atoms with van der Waals surface area (Å²) >= 11 is 0. The van der Waals surface area contributed by atoms with Gasteiger partial charge < -0.3 is 15.1 Å². The Bertz CT molecular complexity index is 941. The monoisotopic (exact) mass is 434 g/mol. The summed E-state index contributed by atoms with van der Waals surface area (Å²) < 4.78 is 0. The molecule has 0 saturated carbocycles. The first-order chi connectivity index (χ1) is 15.4. The Hall–Kier alpha value is -2.99. The van der Waals surface area contributed by atoms with Crippen LogP contribution in [-0.2, 0) is 22.4 Å². The summed E-state index contributed by atoms with van der Waals surface area (Å²) in [6, 6.07) is 15.3. The molecule has 32 heavy (non-hydrogen) atoms. The number of pyridine rings is 1. The lowest BCUT2D eigenvalue weighted by Gasteiger charge is -2.40. The first-order valence-electron chi connectivity index (χ1n) is 11.3. The van der Waals surface area contributed by atoms with Crippen LogP contribution in [0.15, 0.2) is 54.7 Å². The summed E-state index contributed by atoms with van der Waals surface area (Å²) in [4.78, 5) is 26.5. The first kappa shape index (κ1) is 22.2. The third-order valence-electron chi connectivity index (χ3n) is 7.26. The lowest BCUT2D eigenvalue weighted by Crippen LogP contribution is -2.41. The SMILES string of the molecule is CN1C2CCC1CC(C1c3ccccc3CCc3ncccc31)C2.O=C(O)/C=C/C(=O)O. The summed E-state index contributed by atoms with van der Waals surface area (Å²) in [5, 5.41) is 15.6. The standard InChI is InChI=1S/C22H26N2.C4H4O4/c1-24-17-9-10-18(24)14-16(13-17)22-19-6-3-2-5-15(19)8-11-21-20(22)7-4-12-23-21;5-3(6)1-2-4(7)8/h2-7,12,16-18,22H,8-11,13-14H2,1H3;1-2H,(H,5,6)(H,7,8)/b;2-1+. The Balaban J connectivity index is 0.000000265. The maximum absolute atomic E-state index is 9.55. The Morgan fingerprint density at radius 2 is 1.56 bits per heavy atom. The molecule has 6 heteroatoms. The number of rotatable bonds is 3. The quantitative estimate of drug-likeness (QED) is 0.712. The van der Waals surface area contributed by atoms with Crippen molar-refractivity contribution in [2.75, 3.05) is 7.05 Å². The highest BCUT2D eigenvalue weighted by Crippen LogP contribution is 2.48. The van der Waals surface area contributed by atoms with Gasteiger partial charge in [0.25, 0.3) is 0 Å². The minimum Gasteiger partial charge on any atom is -0.478 e. The Kier molecular flexibility index (Phi) is 6.70. The number of hydrogen-bond donors (Lipinski definition) is 2. The zero-order chi connectivity index (χ0) is 22.7. The van der Waals surface area contributed by atoms with Crippen molar-refractivity contribution in [3.63, 3.8) is 0 Å². The highest BCUT2D eigenvalue weighted by Gasteiger charge is 2.42. The molecule has 3 atom stereocenters. The van der Waals surface area contributed by atoms with Crippen LogP contribution in [0.2, 0.25) is 0 Å². The maximum Gasteiger partial charge on any atom is 0.328 e. The van der Waals surface area contributed by atoms with Crippen LogP contribution in [0.5, 0.6) is 0 Å². The number of aryl methyl sites for hydroxylation is 2. The van der Waals surface area contributed by atoms with Crippen LogP contribution in [-0.4, -0.2) is 51.2 Å². The lowest BCUT2D eigenvalue weighted by atomic mass is 9.73. The summed E-state index contributed by atoms with van der Waals surface area (Å²) in [5.74, 6) is -1.20. The number of carboxylic acid groups (broad SMARTS) is 2. The van der Waals surface area contributed by atoms with Gasteiger partial charge in [0.05, 0.1) is 0 Å². The van der Waals surface area contributed by atoms with E-state index in [4.69, 9.17) is 15.2 Å². The molecule has 2 fully saturated rings. The number of aliphatic carboxylic acids is 2. The average Bonchev–Trinajstić information content (AvgIpc) is 2.96. The van der Waals surface area contributed by atoms with E-state index in [1.807, 2.05) is 6.20 Å². The molecule has 3 heterocycles. The lowest BCUT2D eigenvalue weighted by molar-refractivity contribution is -0.134. The first-order valence-corrected chi connectivity index (χ1v) is 11.3. The number of benzene rings is 1. The van der Waals surface area contributed by atoms with Gasteiger partial charge in [-0.1, -0.05) is 30.3 Å². The van der Waals surface area contributed by atoms with Gasteiger partial charge in [-0.3, -0.25) is 4.98 Å². The second-order valence-corrected chi connectivity index (χ2v) is 9.01. The number of nitrogens with zero attached hydrogens (tertiary/aromatic N) is 2. The van der Waals surface area contributed by atoms with Crippen molar-refractivity contribution in [3.05, 3.63) is 77.1 Å². The molecule has 1 aliphatic carbocycles. The van der Waals surface area contributed by atoms with E-state index in [1.165, 1.54) is 36.9 Å². The molecule has 3 unspecified atom stereocenters. The zero-order valence-corrected chi connectivity index (χ0v) is 18.4. The van der Waals surface area contributed by atoms with Crippen LogP contribution in [0, 0.1) is 5.92 Å². The van der Waals surface area contributed by atoms with Gasteiger partial charge in [0.15, 0.2) is 0 Å². The molecule has 0 spiro atoms. The Morgan fingerprint density at radius 3 is 2.22 bits per heavy atom. The summed E-state index contributed by atoms with van der Waals surface area (Å²) in [6.07, 6.45) is 10.8. The van der Waals surface area contributed by atoms with Gasteiger partial charge in [0, 0.05) is 42.0 Å². The van der Waals surface area contributed by atoms with Crippen molar-refractivity contribution in [2.45, 2.75) is 56.5 Å². The highest BCUT2D eigenvalue weighted by atomic mass is 16.4. The van der Waals surface area contributed by atoms with E-state index in [2.05, 4.69) is 48.3 Å². The molecular weight excluding hydrogens is 404 g/mol. The molecule has 1 aromatic carbocycles. The van der Waals surface area contributed by atoms with Crippen molar-refractivity contribution in [2.24, 2.45) is 5.92 Å². The molecule has 2 aliphatic heterocycles. The molecule has 2 aromatic rings. The molecule has 2 N–H and O–H groups in total. The number of fused-ring (bicyclic) bond motifs is 4. The van der Waals surface area contributed by atoms with Crippen LogP contribution in [0.4, 0.5) is 0 Å². The van der Waals surface area contributed by atoms with Crippen LogP contribution in [0.25, 0.3) is 0 Å². The van der Waals surface area contributed by atoms with E-state index in [0.717, 1.165) is 30.8 Å². The molecule has 5 rings (SSSR count). The van der Waals surface area contributed by atoms with E-state index in [-0.39, 0.29) is 0 Å². The van der Waals surface area contributed by atoms with Gasteiger partial charge in [-0.2, -0.15) is 0 Å². The smallest absolute Gasteiger partial charge is 0.328 e. The molecule has 3 aliphatic rings. The number of carbonyl (C=O) groups is 2. The summed E-state index contributed by atoms with van der Waals surface area (Å²) in [5.41, 5.74) is 5.98. The normalized spacial score (nSPS) is 26.4. The number of piperidine rings is 1. The van der Waals surface area contributed by atoms with Crippen molar-refractivity contribution in [3.8, 4) is 0 Å². The number of aromatic nitrogens is 1. The zero-order valence-electron chi connectivity index (χ0n) is 18.4. The fourth-order valence-corrected chi connectivity index (χ4v) is 5.80. The van der Waals surface area contributed by atoms with Gasteiger partial charge in [-0.25, -0.2) is 9.59 Å². The average molecular weight is 435 g/mol. The topological polar surface area (TPSA) is 90.7 Å².